The first kappa shape index (κ1) is 23.8. The van der Waals surface area contributed by atoms with Gasteiger partial charge >= 0.3 is 0 Å². The minimum absolute atomic E-state index is 0.168. The number of thioether (sulfide) groups is 1. The van der Waals surface area contributed by atoms with Crippen LogP contribution in [0.25, 0.3) is 0 Å². The van der Waals surface area contributed by atoms with Crippen LogP contribution in [0.2, 0.25) is 0 Å². The quantitative estimate of drug-likeness (QED) is 0.188. The van der Waals surface area contributed by atoms with E-state index in [-0.39, 0.29) is 5.92 Å². The van der Waals surface area contributed by atoms with Crippen molar-refractivity contribution in [3.8, 4) is 5.75 Å². The summed E-state index contributed by atoms with van der Waals surface area (Å²) in [6.45, 7) is 8.27. The summed E-state index contributed by atoms with van der Waals surface area (Å²) in [7, 11) is 1.96. The van der Waals surface area contributed by atoms with E-state index >= 15 is 0 Å². The van der Waals surface area contributed by atoms with Gasteiger partial charge in [0, 0.05) is 17.0 Å². The van der Waals surface area contributed by atoms with E-state index in [1.807, 2.05) is 31.3 Å². The number of hydrogen-bond donors (Lipinski definition) is 2. The summed E-state index contributed by atoms with van der Waals surface area (Å²) < 4.78 is 5.95. The summed E-state index contributed by atoms with van der Waals surface area (Å²) in [4.78, 5) is 2.28. The molecule has 0 aromatic heterocycles. The molecule has 3 aromatic carbocycles. The van der Waals surface area contributed by atoms with Crippen LogP contribution in [-0.2, 0) is 6.42 Å². The Hall–Kier alpha value is -2.82. The summed E-state index contributed by atoms with van der Waals surface area (Å²) in [6, 6.07) is 25.0. The molecule has 2 N–H and O–H groups in total. The van der Waals surface area contributed by atoms with Crippen molar-refractivity contribution in [3.05, 3.63) is 107 Å². The number of allylic oxidation sites excluding steroid dienone is 1. The molecule has 3 nitrogen and oxygen atoms in total. The van der Waals surface area contributed by atoms with Crippen LogP contribution in [0.1, 0.15) is 34.6 Å². The van der Waals surface area contributed by atoms with Crippen LogP contribution >= 0.6 is 11.8 Å². The molecule has 0 amide bonds. The maximum absolute atomic E-state index is 7.57. The normalized spacial score (nSPS) is 11.7. The molecule has 4 heteroatoms. The summed E-state index contributed by atoms with van der Waals surface area (Å²) in [5, 5.41) is 10.7. The van der Waals surface area contributed by atoms with Gasteiger partial charge in [0.2, 0.25) is 0 Å². The van der Waals surface area contributed by atoms with Crippen molar-refractivity contribution in [2.24, 2.45) is 0 Å². The number of rotatable bonds is 12. The summed E-state index contributed by atoms with van der Waals surface area (Å²) in [6.07, 6.45) is 3.22. The molecule has 0 aliphatic carbocycles. The predicted octanol–water partition coefficient (Wildman–Crippen LogP) is 6.61. The molecule has 0 heterocycles. The largest absolute Gasteiger partial charge is 0.494 e. The van der Waals surface area contributed by atoms with Crippen molar-refractivity contribution >= 4 is 18.0 Å². The van der Waals surface area contributed by atoms with Gasteiger partial charge in [0.15, 0.2) is 0 Å². The van der Waals surface area contributed by atoms with Gasteiger partial charge in [-0.15, -0.1) is 0 Å². The molecule has 0 radical (unpaired) electrons. The average Bonchev–Trinajstić information content (AvgIpc) is 2.83. The second-order valence-corrected chi connectivity index (χ2v) is 9.03. The van der Waals surface area contributed by atoms with E-state index in [0.717, 1.165) is 35.6 Å². The molecule has 0 aliphatic rings. The monoisotopic (exact) mass is 444 g/mol. The molecule has 0 saturated carbocycles. The van der Waals surface area contributed by atoms with E-state index in [4.69, 9.17) is 10.1 Å². The molecular weight excluding hydrogens is 412 g/mol. The first-order chi connectivity index (χ1) is 15.6. The smallest absolute Gasteiger partial charge is 0.120 e. The van der Waals surface area contributed by atoms with Gasteiger partial charge in [-0.3, -0.25) is 0 Å². The molecule has 0 aliphatic heterocycles. The van der Waals surface area contributed by atoms with Gasteiger partial charge in [-0.2, -0.15) is 0 Å². The zero-order valence-electron chi connectivity index (χ0n) is 18.9. The Morgan fingerprint density at radius 3 is 2.66 bits per heavy atom. The Morgan fingerprint density at radius 1 is 1.09 bits per heavy atom. The Morgan fingerprint density at radius 2 is 1.91 bits per heavy atom. The van der Waals surface area contributed by atoms with E-state index < -0.39 is 0 Å². The van der Waals surface area contributed by atoms with Gasteiger partial charge in [0.05, 0.1) is 6.61 Å². The average molecular weight is 445 g/mol. The van der Waals surface area contributed by atoms with Gasteiger partial charge in [-0.25, -0.2) is 0 Å². The first-order valence-corrected chi connectivity index (χ1v) is 11.8. The number of aryl methyl sites for hydroxylation is 1. The van der Waals surface area contributed by atoms with Gasteiger partial charge in [-0.1, -0.05) is 79.0 Å². The highest BCUT2D eigenvalue weighted by molar-refractivity contribution is 8.03. The zero-order valence-corrected chi connectivity index (χ0v) is 19.8. The highest BCUT2D eigenvalue weighted by Crippen LogP contribution is 2.40. The SMILES string of the molecule is C=C(Sc1cc(OCCCNC)ccc1C)C(Cc1cccc(C=N)c1)c1ccccc1. The molecule has 0 bridgehead atoms. The van der Waals surface area contributed by atoms with Crippen LogP contribution in [0.5, 0.6) is 5.75 Å². The number of nitrogens with one attached hydrogen (secondary N) is 2. The molecule has 1 unspecified atom stereocenters. The molecule has 32 heavy (non-hydrogen) atoms. The van der Waals surface area contributed by atoms with Gasteiger partial charge in [0.25, 0.3) is 0 Å². The van der Waals surface area contributed by atoms with Gasteiger partial charge < -0.3 is 15.5 Å². The summed E-state index contributed by atoms with van der Waals surface area (Å²) >= 11 is 1.73. The molecule has 166 valence electrons. The fourth-order valence-electron chi connectivity index (χ4n) is 3.58. The van der Waals surface area contributed by atoms with E-state index in [1.54, 1.807) is 11.8 Å². The van der Waals surface area contributed by atoms with Crippen LogP contribution in [0.3, 0.4) is 0 Å². The van der Waals surface area contributed by atoms with Crippen molar-refractivity contribution in [1.82, 2.24) is 5.32 Å². The van der Waals surface area contributed by atoms with E-state index in [2.05, 4.69) is 67.4 Å². The number of benzene rings is 3. The first-order valence-electron chi connectivity index (χ1n) is 11.0. The minimum Gasteiger partial charge on any atom is -0.494 e. The van der Waals surface area contributed by atoms with Crippen molar-refractivity contribution in [1.29, 1.82) is 5.41 Å². The predicted molar refractivity (Wildman–Crippen MR) is 137 cm³/mol. The molecule has 0 saturated heterocycles. The zero-order chi connectivity index (χ0) is 22.8. The second-order valence-electron chi connectivity index (χ2n) is 7.86. The summed E-state index contributed by atoms with van der Waals surface area (Å²) in [5.74, 6) is 1.07. The van der Waals surface area contributed by atoms with Crippen molar-refractivity contribution in [2.75, 3.05) is 20.2 Å². The number of ether oxygens (including phenoxy) is 1. The highest BCUT2D eigenvalue weighted by atomic mass is 32.2. The van der Waals surface area contributed by atoms with Crippen molar-refractivity contribution in [3.63, 3.8) is 0 Å². The molecular formula is C28H32N2OS. The van der Waals surface area contributed by atoms with Crippen LogP contribution in [0.4, 0.5) is 0 Å². The van der Waals surface area contributed by atoms with Crippen LogP contribution in [-0.4, -0.2) is 26.4 Å². The Balaban J connectivity index is 1.80. The third-order valence-electron chi connectivity index (χ3n) is 5.39. The summed E-state index contributed by atoms with van der Waals surface area (Å²) in [5.41, 5.74) is 4.60. The van der Waals surface area contributed by atoms with Gasteiger partial charge in [-0.05, 0) is 72.6 Å². The maximum atomic E-state index is 7.57. The Kier molecular flexibility index (Phi) is 9.14. The van der Waals surface area contributed by atoms with Crippen molar-refractivity contribution in [2.45, 2.75) is 30.6 Å². The van der Waals surface area contributed by atoms with E-state index in [9.17, 15) is 0 Å². The lowest BCUT2D eigenvalue weighted by molar-refractivity contribution is 0.309. The van der Waals surface area contributed by atoms with Gasteiger partial charge in [0.1, 0.15) is 5.75 Å². The van der Waals surface area contributed by atoms with E-state index in [0.29, 0.717) is 6.61 Å². The lowest BCUT2D eigenvalue weighted by Crippen LogP contribution is -2.11. The molecule has 1 atom stereocenters. The number of hydrogen-bond acceptors (Lipinski definition) is 4. The lowest BCUT2D eigenvalue weighted by Gasteiger charge is -2.21. The Bertz CT molecular complexity index is 1030. The van der Waals surface area contributed by atoms with Crippen LogP contribution in [0, 0.1) is 12.3 Å². The second kappa shape index (κ2) is 12.3. The van der Waals surface area contributed by atoms with E-state index in [1.165, 1.54) is 27.8 Å². The standard InChI is InChI=1S/C28H32N2OS/c1-21-13-14-26(31-16-8-15-30-3)19-28(21)32-22(2)27(25-11-5-4-6-12-25)18-23-9-7-10-24(17-23)20-29/h4-7,9-14,17,19-20,27,29-30H,2,8,15-16,18H2,1,3H3. The highest BCUT2D eigenvalue weighted by Gasteiger charge is 2.18. The third-order valence-corrected chi connectivity index (χ3v) is 6.60. The lowest BCUT2D eigenvalue weighted by atomic mass is 9.91. The van der Waals surface area contributed by atoms with Crippen LogP contribution in [0.15, 0.2) is 89.2 Å². The fraction of sp³-hybridized carbons (Fsp3) is 0.250. The topological polar surface area (TPSA) is 45.1 Å². The minimum atomic E-state index is 0.168. The molecule has 3 aromatic rings. The molecule has 0 fully saturated rings. The van der Waals surface area contributed by atoms with Crippen molar-refractivity contribution < 1.29 is 4.74 Å². The molecule has 3 rings (SSSR count). The fourth-order valence-corrected chi connectivity index (χ4v) is 4.63. The van der Waals surface area contributed by atoms with Crippen LogP contribution < -0.4 is 10.1 Å². The maximum Gasteiger partial charge on any atom is 0.120 e. The Labute approximate surface area is 196 Å². The third kappa shape index (κ3) is 6.84. The molecule has 0 spiro atoms.